The number of halogens is 2. The highest BCUT2D eigenvalue weighted by Gasteiger charge is 2.23. The minimum Gasteiger partial charge on any atom is -0.369 e. The Morgan fingerprint density at radius 3 is 2.59 bits per heavy atom. The van der Waals surface area contributed by atoms with Crippen molar-refractivity contribution >= 4 is 17.3 Å². The first kappa shape index (κ1) is 12.7. The van der Waals surface area contributed by atoms with Crippen LogP contribution in [-0.4, -0.2) is 19.1 Å². The highest BCUT2D eigenvalue weighted by molar-refractivity contribution is 6.30. The van der Waals surface area contributed by atoms with E-state index in [2.05, 4.69) is 0 Å². The predicted octanol–water partition coefficient (Wildman–Crippen LogP) is 3.19. The summed E-state index contributed by atoms with van der Waals surface area (Å²) in [6, 6.07) is 5.35. The van der Waals surface area contributed by atoms with Gasteiger partial charge in [-0.2, -0.15) is 0 Å². The molecule has 0 saturated heterocycles. The maximum absolute atomic E-state index is 13.7. The lowest BCUT2D eigenvalue weighted by atomic mass is 9.91. The molecule has 1 aliphatic carbocycles. The van der Waals surface area contributed by atoms with Gasteiger partial charge in [-0.05, 0) is 43.9 Å². The average molecular weight is 257 g/mol. The van der Waals surface area contributed by atoms with Gasteiger partial charge >= 0.3 is 0 Å². The van der Waals surface area contributed by atoms with Crippen molar-refractivity contribution in [1.82, 2.24) is 0 Å². The Morgan fingerprint density at radius 2 is 1.94 bits per heavy atom. The van der Waals surface area contributed by atoms with Gasteiger partial charge in [0.2, 0.25) is 0 Å². The fourth-order valence-electron chi connectivity index (χ4n) is 2.44. The normalized spacial score (nSPS) is 24.7. The zero-order valence-corrected chi connectivity index (χ0v) is 10.8. The van der Waals surface area contributed by atoms with Gasteiger partial charge in [-0.15, -0.1) is 0 Å². The lowest BCUT2D eigenvalue weighted by molar-refractivity contribution is 0.383. The quantitative estimate of drug-likeness (QED) is 0.881. The third-order valence-corrected chi connectivity index (χ3v) is 3.81. The van der Waals surface area contributed by atoms with Crippen molar-refractivity contribution in [3.8, 4) is 0 Å². The molecule has 0 radical (unpaired) electrons. The summed E-state index contributed by atoms with van der Waals surface area (Å²) < 4.78 is 13.7. The van der Waals surface area contributed by atoms with E-state index in [0.717, 1.165) is 25.7 Å². The van der Waals surface area contributed by atoms with Crippen LogP contribution in [0.5, 0.6) is 0 Å². The second kappa shape index (κ2) is 5.23. The van der Waals surface area contributed by atoms with Gasteiger partial charge in [0, 0.05) is 24.2 Å². The Bertz CT molecular complexity index is 389. The van der Waals surface area contributed by atoms with Gasteiger partial charge in [0.25, 0.3) is 0 Å². The summed E-state index contributed by atoms with van der Waals surface area (Å²) in [5.41, 5.74) is 6.46. The molecule has 4 heteroatoms. The minimum atomic E-state index is -0.216. The van der Waals surface area contributed by atoms with Gasteiger partial charge in [0.1, 0.15) is 5.82 Å². The Hall–Kier alpha value is -0.800. The van der Waals surface area contributed by atoms with Crippen LogP contribution in [0.25, 0.3) is 0 Å². The van der Waals surface area contributed by atoms with Crippen molar-refractivity contribution in [1.29, 1.82) is 0 Å². The molecule has 17 heavy (non-hydrogen) atoms. The van der Waals surface area contributed by atoms with E-state index in [0.29, 0.717) is 22.8 Å². The highest BCUT2D eigenvalue weighted by atomic mass is 35.5. The molecule has 0 amide bonds. The van der Waals surface area contributed by atoms with Crippen molar-refractivity contribution in [3.63, 3.8) is 0 Å². The largest absolute Gasteiger partial charge is 0.369 e. The molecule has 1 aliphatic rings. The molecule has 0 heterocycles. The summed E-state index contributed by atoms with van der Waals surface area (Å²) in [5, 5.41) is 0.570. The molecular weight excluding hydrogens is 239 g/mol. The SMILES string of the molecule is CN(c1cc(Cl)ccc1F)C1CCC(N)CC1. The number of anilines is 1. The molecule has 1 aromatic rings. The minimum absolute atomic E-state index is 0.216. The maximum atomic E-state index is 13.7. The fraction of sp³-hybridized carbons (Fsp3) is 0.538. The van der Waals surface area contributed by atoms with E-state index < -0.39 is 0 Å². The van der Waals surface area contributed by atoms with Crippen LogP contribution in [0.3, 0.4) is 0 Å². The molecule has 0 spiro atoms. The molecule has 1 aromatic carbocycles. The number of nitrogens with two attached hydrogens (primary N) is 1. The van der Waals surface area contributed by atoms with Gasteiger partial charge in [-0.25, -0.2) is 4.39 Å². The van der Waals surface area contributed by atoms with Crippen molar-refractivity contribution < 1.29 is 4.39 Å². The number of nitrogens with zero attached hydrogens (tertiary/aromatic N) is 1. The number of hydrogen-bond acceptors (Lipinski definition) is 2. The topological polar surface area (TPSA) is 29.3 Å². The zero-order chi connectivity index (χ0) is 12.4. The number of hydrogen-bond donors (Lipinski definition) is 1. The molecule has 0 unspecified atom stereocenters. The summed E-state index contributed by atoms with van der Waals surface area (Å²) >= 11 is 5.91. The first-order valence-corrected chi connectivity index (χ1v) is 6.39. The van der Waals surface area contributed by atoms with E-state index in [-0.39, 0.29) is 5.82 Å². The van der Waals surface area contributed by atoms with E-state index in [1.165, 1.54) is 6.07 Å². The monoisotopic (exact) mass is 256 g/mol. The van der Waals surface area contributed by atoms with Crippen LogP contribution in [0.4, 0.5) is 10.1 Å². The van der Waals surface area contributed by atoms with Crippen LogP contribution >= 0.6 is 11.6 Å². The first-order valence-electron chi connectivity index (χ1n) is 6.01. The molecule has 1 saturated carbocycles. The standard InChI is InChI=1S/C13H18ClFN2/c1-17(11-5-3-10(16)4-6-11)13-8-9(14)2-7-12(13)15/h2,7-8,10-11H,3-6,16H2,1H3. The van der Waals surface area contributed by atoms with Crippen molar-refractivity contribution in [2.45, 2.75) is 37.8 Å². The molecule has 0 bridgehead atoms. The molecular formula is C13H18ClFN2. The molecule has 0 aliphatic heterocycles. The van der Waals surface area contributed by atoms with E-state index in [1.807, 2.05) is 11.9 Å². The maximum Gasteiger partial charge on any atom is 0.146 e. The van der Waals surface area contributed by atoms with Crippen LogP contribution < -0.4 is 10.6 Å². The van der Waals surface area contributed by atoms with E-state index >= 15 is 0 Å². The molecule has 2 rings (SSSR count). The Kier molecular flexibility index (Phi) is 3.89. The molecule has 2 N–H and O–H groups in total. The van der Waals surface area contributed by atoms with Crippen molar-refractivity contribution in [2.75, 3.05) is 11.9 Å². The Labute approximate surface area is 107 Å². The second-order valence-corrected chi connectivity index (χ2v) is 5.21. The van der Waals surface area contributed by atoms with Crippen LogP contribution in [-0.2, 0) is 0 Å². The molecule has 2 nitrogen and oxygen atoms in total. The van der Waals surface area contributed by atoms with Crippen LogP contribution in [0.2, 0.25) is 5.02 Å². The highest BCUT2D eigenvalue weighted by Crippen LogP contribution is 2.29. The van der Waals surface area contributed by atoms with Crippen LogP contribution in [0.15, 0.2) is 18.2 Å². The first-order chi connectivity index (χ1) is 8.08. The predicted molar refractivity (Wildman–Crippen MR) is 70.0 cm³/mol. The fourth-order valence-corrected chi connectivity index (χ4v) is 2.61. The zero-order valence-electron chi connectivity index (χ0n) is 10.00. The van der Waals surface area contributed by atoms with E-state index in [1.54, 1.807) is 12.1 Å². The summed E-state index contributed by atoms with van der Waals surface area (Å²) in [6.07, 6.45) is 4.06. The average Bonchev–Trinajstić information content (AvgIpc) is 2.32. The van der Waals surface area contributed by atoms with E-state index in [4.69, 9.17) is 17.3 Å². The summed E-state index contributed by atoms with van der Waals surface area (Å²) in [6.45, 7) is 0. The van der Waals surface area contributed by atoms with Crippen molar-refractivity contribution in [3.05, 3.63) is 29.0 Å². The van der Waals surface area contributed by atoms with Crippen LogP contribution in [0.1, 0.15) is 25.7 Å². The van der Waals surface area contributed by atoms with Gasteiger partial charge < -0.3 is 10.6 Å². The van der Waals surface area contributed by atoms with Crippen LogP contribution in [0, 0.1) is 5.82 Å². The summed E-state index contributed by atoms with van der Waals surface area (Å²) in [7, 11) is 1.93. The smallest absolute Gasteiger partial charge is 0.146 e. The van der Waals surface area contributed by atoms with Gasteiger partial charge in [0.05, 0.1) is 5.69 Å². The van der Waals surface area contributed by atoms with Gasteiger partial charge in [0.15, 0.2) is 0 Å². The molecule has 0 atom stereocenters. The second-order valence-electron chi connectivity index (χ2n) is 4.78. The van der Waals surface area contributed by atoms with Crippen molar-refractivity contribution in [2.24, 2.45) is 5.73 Å². The summed E-state index contributed by atoms with van der Waals surface area (Å²) in [5.74, 6) is -0.216. The number of rotatable bonds is 2. The lowest BCUT2D eigenvalue weighted by Gasteiger charge is -2.35. The number of benzene rings is 1. The van der Waals surface area contributed by atoms with E-state index in [9.17, 15) is 4.39 Å². The Morgan fingerprint density at radius 1 is 1.29 bits per heavy atom. The molecule has 0 aromatic heterocycles. The molecule has 1 fully saturated rings. The third-order valence-electron chi connectivity index (χ3n) is 3.58. The van der Waals surface area contributed by atoms with Gasteiger partial charge in [-0.3, -0.25) is 0 Å². The lowest BCUT2D eigenvalue weighted by Crippen LogP contribution is -2.39. The summed E-state index contributed by atoms with van der Waals surface area (Å²) in [4.78, 5) is 1.99. The Balaban J connectivity index is 2.13. The third kappa shape index (κ3) is 2.90. The van der Waals surface area contributed by atoms with Gasteiger partial charge in [-0.1, -0.05) is 11.6 Å². The molecule has 94 valence electrons.